The van der Waals surface area contributed by atoms with Gasteiger partial charge in [0.15, 0.2) is 0 Å². The Hall–Kier alpha value is -2.92. The lowest BCUT2D eigenvalue weighted by atomic mass is 9.89. The zero-order chi connectivity index (χ0) is 48.6. The molecule has 1 fully saturated rings. The molecule has 0 aromatic heterocycles. The molecule has 0 saturated heterocycles. The highest BCUT2D eigenvalue weighted by Gasteiger charge is 2.46. The highest BCUT2D eigenvalue weighted by molar-refractivity contribution is 5.63. The minimum atomic E-state index is -1.08. The van der Waals surface area contributed by atoms with Gasteiger partial charge in [-0.25, -0.2) is 19.2 Å². The summed E-state index contributed by atoms with van der Waals surface area (Å²) >= 11 is 0. The lowest BCUT2D eigenvalue weighted by molar-refractivity contribution is -0.142. The summed E-state index contributed by atoms with van der Waals surface area (Å²) in [5, 5.41) is 0. The average Bonchev–Trinajstić information content (AvgIpc) is 3.25. The molecule has 1 rings (SSSR count). The second kappa shape index (κ2) is 41.1. The SMILES string of the molecule is CC(C)CCCCCCCCOC(=O)OC1CC(OC(=O)OCCCCCCCCC(C)C)C(OC(=O)OCCCCCCCCC(C)C)CC1OC(=O)OCCCCCCCCC(C)C. The van der Waals surface area contributed by atoms with E-state index >= 15 is 0 Å². The van der Waals surface area contributed by atoms with Crippen LogP contribution < -0.4 is 0 Å². The third kappa shape index (κ3) is 37.1. The van der Waals surface area contributed by atoms with E-state index in [9.17, 15) is 19.2 Å². The van der Waals surface area contributed by atoms with Gasteiger partial charge in [0.2, 0.25) is 0 Å². The van der Waals surface area contributed by atoms with Crippen molar-refractivity contribution in [2.45, 2.75) is 272 Å². The average molecular weight is 941 g/mol. The summed E-state index contributed by atoms with van der Waals surface area (Å²) in [7, 11) is 0. The van der Waals surface area contributed by atoms with Gasteiger partial charge in [0.05, 0.1) is 26.4 Å². The fourth-order valence-corrected chi connectivity index (χ4v) is 8.26. The van der Waals surface area contributed by atoms with Crippen LogP contribution >= 0.6 is 0 Å². The number of carbonyl (C=O) groups excluding carboxylic acids is 4. The van der Waals surface area contributed by atoms with Crippen molar-refractivity contribution in [1.82, 2.24) is 0 Å². The number of hydrogen-bond acceptors (Lipinski definition) is 12. The van der Waals surface area contributed by atoms with Crippen molar-refractivity contribution in [2.24, 2.45) is 23.7 Å². The maximum atomic E-state index is 13.1. The van der Waals surface area contributed by atoms with E-state index in [0.29, 0.717) is 49.4 Å². The summed E-state index contributed by atoms with van der Waals surface area (Å²) in [4.78, 5) is 52.3. The largest absolute Gasteiger partial charge is 0.508 e. The van der Waals surface area contributed by atoms with Crippen molar-refractivity contribution in [3.8, 4) is 0 Å². The quantitative estimate of drug-likeness (QED) is 0.0328. The minimum Gasteiger partial charge on any atom is -0.434 e. The van der Waals surface area contributed by atoms with Gasteiger partial charge in [-0.3, -0.25) is 0 Å². The monoisotopic (exact) mass is 941 g/mol. The van der Waals surface area contributed by atoms with Crippen LogP contribution in [0.1, 0.15) is 248 Å². The smallest absolute Gasteiger partial charge is 0.434 e. The van der Waals surface area contributed by atoms with Gasteiger partial charge in [0, 0.05) is 12.8 Å². The van der Waals surface area contributed by atoms with E-state index in [1.807, 2.05) is 0 Å². The van der Waals surface area contributed by atoms with Gasteiger partial charge >= 0.3 is 24.6 Å². The Morgan fingerprint density at radius 1 is 0.288 bits per heavy atom. The molecule has 0 N–H and O–H groups in total. The molecule has 0 heterocycles. The van der Waals surface area contributed by atoms with Crippen molar-refractivity contribution in [1.29, 1.82) is 0 Å². The zero-order valence-electron chi connectivity index (χ0n) is 43.6. The standard InChI is InChI=1S/C54H100O12/c1-43(2)33-25-17-9-13-21-29-37-59-51(55)63-47-41-49(65-53(57)61-39-31-23-15-11-19-27-35-45(5)6)50(66-54(58)62-40-32-24-16-12-20-28-36-46(7)8)42-48(47)64-52(56)60-38-30-22-14-10-18-26-34-44(3)4/h43-50H,9-42H2,1-8H3. The number of ether oxygens (including phenoxy) is 8. The molecule has 1 aliphatic rings. The summed E-state index contributed by atoms with van der Waals surface area (Å²) in [6.07, 6.45) is 21.7. The molecule has 66 heavy (non-hydrogen) atoms. The predicted molar refractivity (Wildman–Crippen MR) is 263 cm³/mol. The fourth-order valence-electron chi connectivity index (χ4n) is 8.26. The molecule has 1 aliphatic carbocycles. The van der Waals surface area contributed by atoms with E-state index < -0.39 is 49.0 Å². The third-order valence-electron chi connectivity index (χ3n) is 12.3. The summed E-state index contributed by atoms with van der Waals surface area (Å²) in [5.74, 6) is 2.86. The Balaban J connectivity index is 2.92. The van der Waals surface area contributed by atoms with Gasteiger partial charge in [0.25, 0.3) is 0 Å². The van der Waals surface area contributed by atoms with Crippen LogP contribution in [0.5, 0.6) is 0 Å². The molecule has 388 valence electrons. The fraction of sp³-hybridized carbons (Fsp3) is 0.926. The molecule has 0 aromatic carbocycles. The molecule has 0 spiro atoms. The first-order valence-electron chi connectivity index (χ1n) is 27.1. The van der Waals surface area contributed by atoms with Crippen LogP contribution in [0.2, 0.25) is 0 Å². The van der Waals surface area contributed by atoms with E-state index in [-0.39, 0.29) is 39.3 Å². The van der Waals surface area contributed by atoms with Crippen molar-refractivity contribution < 1.29 is 57.1 Å². The van der Waals surface area contributed by atoms with Crippen LogP contribution in [0.3, 0.4) is 0 Å². The number of carbonyl (C=O) groups is 4. The molecule has 0 amide bonds. The minimum absolute atomic E-state index is 0.138. The van der Waals surface area contributed by atoms with Crippen LogP contribution in [0, 0.1) is 23.7 Å². The molecular formula is C54H100O12. The van der Waals surface area contributed by atoms with Crippen molar-refractivity contribution in [3.63, 3.8) is 0 Å². The predicted octanol–water partition coefficient (Wildman–Crippen LogP) is 16.4. The van der Waals surface area contributed by atoms with Crippen molar-refractivity contribution >= 4 is 24.6 Å². The zero-order valence-corrected chi connectivity index (χ0v) is 43.6. The lowest BCUT2D eigenvalue weighted by Crippen LogP contribution is -2.51. The summed E-state index contributed by atoms with van der Waals surface area (Å²) < 4.78 is 44.9. The van der Waals surface area contributed by atoms with Crippen LogP contribution in [0.4, 0.5) is 19.2 Å². The molecule has 12 nitrogen and oxygen atoms in total. The Morgan fingerprint density at radius 2 is 0.455 bits per heavy atom. The highest BCUT2D eigenvalue weighted by Crippen LogP contribution is 2.31. The van der Waals surface area contributed by atoms with E-state index in [1.54, 1.807) is 0 Å². The van der Waals surface area contributed by atoms with Crippen LogP contribution in [0.15, 0.2) is 0 Å². The Bertz CT molecular complexity index is 1010. The molecule has 1 saturated carbocycles. The van der Waals surface area contributed by atoms with Gasteiger partial charge in [-0.15, -0.1) is 0 Å². The third-order valence-corrected chi connectivity index (χ3v) is 12.3. The Morgan fingerprint density at radius 3 is 0.636 bits per heavy atom. The van der Waals surface area contributed by atoms with E-state index in [4.69, 9.17) is 37.9 Å². The normalized spacial score (nSPS) is 17.3. The van der Waals surface area contributed by atoms with Crippen LogP contribution in [-0.2, 0) is 37.9 Å². The second-order valence-electron chi connectivity index (χ2n) is 20.7. The molecule has 0 radical (unpaired) electrons. The Labute approximate surface area is 403 Å². The van der Waals surface area contributed by atoms with Crippen molar-refractivity contribution in [2.75, 3.05) is 26.4 Å². The summed E-state index contributed by atoms with van der Waals surface area (Å²) in [6, 6.07) is 0. The number of rotatable bonds is 40. The highest BCUT2D eigenvalue weighted by atomic mass is 16.8. The number of unbranched alkanes of at least 4 members (excludes halogenated alkanes) is 20. The maximum absolute atomic E-state index is 13.1. The first-order valence-corrected chi connectivity index (χ1v) is 27.1. The van der Waals surface area contributed by atoms with Crippen LogP contribution in [0.25, 0.3) is 0 Å². The van der Waals surface area contributed by atoms with Gasteiger partial charge < -0.3 is 37.9 Å². The first kappa shape index (κ1) is 61.1. The topological polar surface area (TPSA) is 142 Å². The Kier molecular flexibility index (Phi) is 38.0. The molecule has 4 atom stereocenters. The molecule has 0 bridgehead atoms. The van der Waals surface area contributed by atoms with Crippen LogP contribution in [-0.4, -0.2) is 75.5 Å². The molecule has 12 heteroatoms. The van der Waals surface area contributed by atoms with Gasteiger partial charge in [-0.05, 0) is 49.4 Å². The lowest BCUT2D eigenvalue weighted by Gasteiger charge is -2.38. The van der Waals surface area contributed by atoms with Gasteiger partial charge in [0.1, 0.15) is 24.4 Å². The van der Waals surface area contributed by atoms with E-state index in [1.165, 1.54) is 77.0 Å². The molecule has 4 unspecified atom stereocenters. The number of hydrogen-bond donors (Lipinski definition) is 0. The van der Waals surface area contributed by atoms with Gasteiger partial charge in [-0.1, -0.05) is 209 Å². The van der Waals surface area contributed by atoms with E-state index in [0.717, 1.165) is 77.0 Å². The molecule has 0 aliphatic heterocycles. The maximum Gasteiger partial charge on any atom is 0.508 e. The molecular weight excluding hydrogens is 841 g/mol. The first-order chi connectivity index (χ1) is 31.8. The van der Waals surface area contributed by atoms with Gasteiger partial charge in [-0.2, -0.15) is 0 Å². The summed E-state index contributed by atoms with van der Waals surface area (Å²) in [6.45, 7) is 18.7. The summed E-state index contributed by atoms with van der Waals surface area (Å²) in [5.41, 5.74) is 0. The van der Waals surface area contributed by atoms with E-state index in [2.05, 4.69) is 55.4 Å². The second-order valence-corrected chi connectivity index (χ2v) is 20.7. The molecule has 0 aromatic rings. The van der Waals surface area contributed by atoms with Crippen molar-refractivity contribution in [3.05, 3.63) is 0 Å².